The van der Waals surface area contributed by atoms with E-state index in [4.69, 9.17) is 4.98 Å². The fourth-order valence-corrected chi connectivity index (χ4v) is 11.1. The van der Waals surface area contributed by atoms with E-state index in [1.807, 2.05) is 51.1 Å². The number of aromatic nitrogens is 4. The number of carbonyl (C=O) groups is 2. The van der Waals surface area contributed by atoms with Crippen LogP contribution in [-0.4, -0.2) is 91.8 Å². The molecule has 6 heterocycles. The van der Waals surface area contributed by atoms with Gasteiger partial charge in [-0.1, -0.05) is 41.2 Å². The number of nitrogens with one attached hydrogen (secondary N) is 2. The highest BCUT2D eigenvalue weighted by molar-refractivity contribution is 6.06. The molecular weight excluding hydrogens is 860 g/mol. The van der Waals surface area contributed by atoms with E-state index < -0.39 is 6.61 Å². The Morgan fingerprint density at radius 1 is 0.985 bits per heavy atom. The van der Waals surface area contributed by atoms with E-state index in [0.717, 1.165) is 68.8 Å². The van der Waals surface area contributed by atoms with Crippen molar-refractivity contribution in [3.8, 4) is 11.3 Å². The Morgan fingerprint density at radius 3 is 2.50 bits per heavy atom. The molecule has 0 bridgehead atoms. The van der Waals surface area contributed by atoms with Gasteiger partial charge in [0, 0.05) is 105 Å². The van der Waals surface area contributed by atoms with Crippen molar-refractivity contribution >= 4 is 46.2 Å². The van der Waals surface area contributed by atoms with Crippen LogP contribution < -0.4 is 30.9 Å². The van der Waals surface area contributed by atoms with E-state index in [1.165, 1.54) is 21.9 Å². The van der Waals surface area contributed by atoms with Gasteiger partial charge >= 0.3 is 0 Å². The van der Waals surface area contributed by atoms with Crippen molar-refractivity contribution in [2.45, 2.75) is 111 Å². The summed E-state index contributed by atoms with van der Waals surface area (Å²) in [7, 11) is 1.64. The van der Waals surface area contributed by atoms with Gasteiger partial charge in [-0.3, -0.25) is 24.2 Å². The van der Waals surface area contributed by atoms with Crippen LogP contribution >= 0.6 is 0 Å². The van der Waals surface area contributed by atoms with Gasteiger partial charge in [-0.25, -0.2) is 14.4 Å². The van der Waals surface area contributed by atoms with Crippen LogP contribution in [0.2, 0.25) is 0 Å². The fraction of sp³-hybridized carbons (Fsp3) is 0.453. The molecule has 9 rings (SSSR count). The van der Waals surface area contributed by atoms with Crippen LogP contribution in [0.1, 0.15) is 94.2 Å². The molecule has 15 heteroatoms. The Balaban J connectivity index is 0.922. The van der Waals surface area contributed by atoms with Crippen molar-refractivity contribution in [3.05, 3.63) is 118 Å². The van der Waals surface area contributed by atoms with Crippen LogP contribution in [0.15, 0.2) is 78.4 Å². The number of aliphatic hydroxyl groups excluding tert-OH is 1. The highest BCUT2D eigenvalue weighted by Gasteiger charge is 2.38. The summed E-state index contributed by atoms with van der Waals surface area (Å²) < 4.78 is 18.4. The molecule has 2 saturated heterocycles. The Bertz CT molecular complexity index is 2860. The van der Waals surface area contributed by atoms with Crippen molar-refractivity contribution in [2.75, 3.05) is 58.1 Å². The molecule has 0 radical (unpaired) electrons. The van der Waals surface area contributed by atoms with Gasteiger partial charge in [-0.15, -0.1) is 0 Å². The smallest absolute Gasteiger partial charge is 0.293 e. The standard InChI is InChI=1S/C53H65FN10O4/c1-10-47(66)57-42-25-35(11-14-44(42)62-20-19-60(29-33(62)3)36-16-18-61(32(2)23-36)37-12-13-41(54)40(26-37)52(4,5)6)56-48-51(68)59(9)30-43(58-48)38-15-17-55-49(39(38)31-65)64-22-21-63-45(50(64)67)24-34-27-53(7,8)28-46(34)63/h10-15,17,24-26,30,32-33,36,65H,1,16,18-23,27-29,31H2,2-9H3,(H,56,58)(H,57,66)/t32-,33+,36?/m1/s1. The Labute approximate surface area is 398 Å². The van der Waals surface area contributed by atoms with Crippen LogP contribution in [0, 0.1) is 11.2 Å². The second-order valence-corrected chi connectivity index (χ2v) is 21.1. The van der Waals surface area contributed by atoms with Gasteiger partial charge in [0.1, 0.15) is 17.3 Å². The molecule has 5 aromatic rings. The minimum Gasteiger partial charge on any atom is -0.392 e. The van der Waals surface area contributed by atoms with Gasteiger partial charge in [0.15, 0.2) is 5.82 Å². The van der Waals surface area contributed by atoms with E-state index in [2.05, 4.69) is 69.2 Å². The zero-order valence-corrected chi connectivity index (χ0v) is 40.7. The first-order valence-corrected chi connectivity index (χ1v) is 24.0. The first-order valence-electron chi connectivity index (χ1n) is 24.0. The number of amides is 2. The molecule has 2 aromatic carbocycles. The fourth-order valence-electron chi connectivity index (χ4n) is 11.1. The lowest BCUT2D eigenvalue weighted by molar-refractivity contribution is -0.111. The lowest BCUT2D eigenvalue weighted by atomic mass is 9.86. The number of piperazine rings is 1. The van der Waals surface area contributed by atoms with Gasteiger partial charge in [0.05, 0.1) is 23.7 Å². The summed E-state index contributed by atoms with van der Waals surface area (Å²) in [4.78, 5) is 59.0. The average Bonchev–Trinajstić information content (AvgIpc) is 3.79. The van der Waals surface area contributed by atoms with Gasteiger partial charge in [0.2, 0.25) is 5.91 Å². The number of halogens is 1. The molecule has 14 nitrogen and oxygen atoms in total. The number of pyridine rings is 1. The quantitative estimate of drug-likeness (QED) is 0.119. The molecule has 3 N–H and O–H groups in total. The van der Waals surface area contributed by atoms with Crippen molar-refractivity contribution < 1.29 is 19.1 Å². The van der Waals surface area contributed by atoms with Crippen LogP contribution in [0.5, 0.6) is 0 Å². The third kappa shape index (κ3) is 8.82. The number of rotatable bonds is 10. The molecule has 1 aliphatic carbocycles. The predicted octanol–water partition coefficient (Wildman–Crippen LogP) is 7.79. The molecule has 3 atom stereocenters. The molecule has 4 aliphatic rings. The number of hydrogen-bond donors (Lipinski definition) is 3. The third-order valence-electron chi connectivity index (χ3n) is 14.5. The zero-order chi connectivity index (χ0) is 48.4. The van der Waals surface area contributed by atoms with E-state index in [0.29, 0.717) is 64.9 Å². The summed E-state index contributed by atoms with van der Waals surface area (Å²) in [5.41, 5.74) is 7.72. The van der Waals surface area contributed by atoms with Crippen LogP contribution in [-0.2, 0) is 43.3 Å². The number of benzene rings is 2. The molecule has 2 amide bonds. The summed E-state index contributed by atoms with van der Waals surface area (Å²) in [5.74, 6) is -0.282. The number of hydrogen-bond acceptors (Lipinski definition) is 10. The van der Waals surface area contributed by atoms with Gasteiger partial charge in [-0.2, -0.15) is 0 Å². The SMILES string of the molecule is C=CC(=O)Nc1cc(Nc2nc(-c3ccnc(N4CCn5c(cc6c5CC(C)(C)C6)C4=O)c3CO)cn(C)c2=O)ccc1N1CCN(C2CCN(c3ccc(F)c(C(C)(C)C)c3)[C@H](C)C2)C[C@@H]1C. The second kappa shape index (κ2) is 18.0. The summed E-state index contributed by atoms with van der Waals surface area (Å²) in [5, 5.41) is 17.1. The van der Waals surface area contributed by atoms with Gasteiger partial charge in [0.25, 0.3) is 11.5 Å². The number of nitrogens with zero attached hydrogens (tertiary/aromatic N) is 8. The number of piperidine rings is 1. The van der Waals surface area contributed by atoms with Gasteiger partial charge in [-0.05, 0) is 116 Å². The van der Waals surface area contributed by atoms with Crippen LogP contribution in [0.25, 0.3) is 11.3 Å². The average molecular weight is 925 g/mol. The first-order chi connectivity index (χ1) is 32.3. The molecule has 3 aromatic heterocycles. The molecule has 0 saturated carbocycles. The Hall–Kier alpha value is -6.32. The topological polar surface area (TPSA) is 144 Å². The summed E-state index contributed by atoms with van der Waals surface area (Å²) in [6, 6.07) is 15.8. The van der Waals surface area contributed by atoms with Crippen molar-refractivity contribution in [1.82, 2.24) is 24.0 Å². The van der Waals surface area contributed by atoms with Crippen molar-refractivity contribution in [2.24, 2.45) is 12.5 Å². The van der Waals surface area contributed by atoms with Crippen molar-refractivity contribution in [1.29, 1.82) is 0 Å². The van der Waals surface area contributed by atoms with Gasteiger partial charge < -0.3 is 34.7 Å². The second-order valence-electron chi connectivity index (χ2n) is 21.1. The lowest BCUT2D eigenvalue weighted by Crippen LogP contribution is -2.58. The monoisotopic (exact) mass is 925 g/mol. The minimum absolute atomic E-state index is 0.0432. The molecule has 358 valence electrons. The van der Waals surface area contributed by atoms with E-state index in [9.17, 15) is 23.9 Å². The largest absolute Gasteiger partial charge is 0.392 e. The van der Waals surface area contributed by atoms with E-state index in [1.54, 1.807) is 42.5 Å². The number of fused-ring (bicyclic) bond motifs is 3. The lowest BCUT2D eigenvalue weighted by Gasteiger charge is -2.48. The summed E-state index contributed by atoms with van der Waals surface area (Å²) >= 11 is 0. The highest BCUT2D eigenvalue weighted by atomic mass is 19.1. The maximum absolute atomic E-state index is 14.8. The Kier molecular flexibility index (Phi) is 12.4. The highest BCUT2D eigenvalue weighted by Crippen LogP contribution is 2.41. The molecule has 68 heavy (non-hydrogen) atoms. The number of aliphatic hydroxyl groups is 1. The number of aryl methyl sites for hydroxylation is 1. The molecule has 0 spiro atoms. The summed E-state index contributed by atoms with van der Waals surface area (Å²) in [6.07, 6.45) is 8.30. The first kappa shape index (κ1) is 46.8. The Morgan fingerprint density at radius 2 is 1.78 bits per heavy atom. The van der Waals surface area contributed by atoms with Crippen LogP contribution in [0.4, 0.5) is 38.8 Å². The zero-order valence-electron chi connectivity index (χ0n) is 40.7. The third-order valence-corrected chi connectivity index (χ3v) is 14.5. The minimum atomic E-state index is -0.407. The molecular formula is C53H65FN10O4. The van der Waals surface area contributed by atoms with E-state index in [-0.39, 0.29) is 45.9 Å². The predicted molar refractivity (Wildman–Crippen MR) is 268 cm³/mol. The van der Waals surface area contributed by atoms with Crippen LogP contribution in [0.3, 0.4) is 0 Å². The molecule has 2 fully saturated rings. The number of anilines is 6. The maximum atomic E-state index is 14.8. The number of carbonyl (C=O) groups excluding carboxylic acids is 2. The normalized spacial score (nSPS) is 20.6. The molecule has 3 aliphatic heterocycles. The molecule has 1 unspecified atom stereocenters. The van der Waals surface area contributed by atoms with E-state index >= 15 is 0 Å². The van der Waals surface area contributed by atoms with Crippen molar-refractivity contribution in [3.63, 3.8) is 0 Å². The summed E-state index contributed by atoms with van der Waals surface area (Å²) in [6.45, 7) is 22.7. The maximum Gasteiger partial charge on any atom is 0.293 e.